The topological polar surface area (TPSA) is 81.6 Å². The number of anilines is 1. The number of benzene rings is 1. The number of nitrogens with one attached hydrogen (secondary N) is 3. The van der Waals surface area contributed by atoms with Crippen LogP contribution in [0.1, 0.15) is 15.9 Å². The summed E-state index contributed by atoms with van der Waals surface area (Å²) >= 11 is 5.88. The molecule has 144 valence electrons. The molecule has 6 nitrogen and oxygen atoms in total. The number of hydrogen-bond acceptors (Lipinski definition) is 4. The van der Waals surface area contributed by atoms with Crippen LogP contribution in [0.5, 0.6) is 0 Å². The van der Waals surface area contributed by atoms with E-state index < -0.39 is 23.7 Å². The van der Waals surface area contributed by atoms with Crippen LogP contribution in [-0.2, 0) is 9.53 Å². The minimum absolute atomic E-state index is 0.0709. The van der Waals surface area contributed by atoms with E-state index in [9.17, 15) is 22.8 Å². The van der Waals surface area contributed by atoms with Gasteiger partial charge in [0.2, 0.25) is 0 Å². The third kappa shape index (κ3) is 4.13. The van der Waals surface area contributed by atoms with Crippen LogP contribution in [0.4, 0.5) is 19.0 Å². The fourth-order valence-electron chi connectivity index (χ4n) is 2.27. The standard InChI is InChI=1S/C17H15ClF3N3O3/c1-10-6-5-9-22-13(10)23-16(15(26)27-2,17(19,20)21)24-14(25)11-7-3-4-8-12(11)18/h3-9H,1-2H3,(H,22,23)(H,24,25)/p+1/t16-/m1/s1. The largest absolute Gasteiger partial charge is 0.464 e. The molecule has 3 N–H and O–H groups in total. The number of carbonyl (C=O) groups excluding carboxylic acids is 2. The lowest BCUT2D eigenvalue weighted by molar-refractivity contribution is -0.363. The molecule has 0 spiro atoms. The molecule has 2 rings (SSSR count). The Morgan fingerprint density at radius 1 is 1.15 bits per heavy atom. The Hall–Kier alpha value is -2.81. The Balaban J connectivity index is 2.55. The summed E-state index contributed by atoms with van der Waals surface area (Å²) in [5.41, 5.74) is -3.39. The van der Waals surface area contributed by atoms with Gasteiger partial charge in [-0.3, -0.25) is 10.1 Å². The quantitative estimate of drug-likeness (QED) is 0.595. The van der Waals surface area contributed by atoms with Crippen LogP contribution in [0.3, 0.4) is 0 Å². The molecule has 27 heavy (non-hydrogen) atoms. The molecule has 0 unspecified atom stereocenters. The molecular formula is C17H16ClF3N3O3+. The molecule has 1 aromatic heterocycles. The molecule has 0 bridgehead atoms. The first kappa shape index (κ1) is 20.5. The fourth-order valence-corrected chi connectivity index (χ4v) is 2.49. The highest BCUT2D eigenvalue weighted by Gasteiger charge is 2.68. The first-order valence-electron chi connectivity index (χ1n) is 7.60. The first-order valence-corrected chi connectivity index (χ1v) is 7.98. The number of halogens is 4. The number of esters is 1. The molecular weight excluding hydrogens is 387 g/mol. The van der Waals surface area contributed by atoms with E-state index in [4.69, 9.17) is 11.6 Å². The van der Waals surface area contributed by atoms with Crippen molar-refractivity contribution in [2.24, 2.45) is 0 Å². The number of carbonyl (C=O) groups is 2. The maximum Gasteiger partial charge on any atom is 0.464 e. The van der Waals surface area contributed by atoms with Gasteiger partial charge in [0, 0.05) is 5.56 Å². The van der Waals surface area contributed by atoms with E-state index >= 15 is 0 Å². The van der Waals surface area contributed by atoms with Gasteiger partial charge in [0.05, 0.1) is 23.9 Å². The lowest BCUT2D eigenvalue weighted by atomic mass is 10.1. The molecule has 0 saturated carbocycles. The van der Waals surface area contributed by atoms with Gasteiger partial charge < -0.3 is 4.74 Å². The van der Waals surface area contributed by atoms with Crippen LogP contribution in [-0.4, -0.2) is 30.8 Å². The molecule has 2 aromatic rings. The van der Waals surface area contributed by atoms with E-state index in [1.807, 2.05) is 5.32 Å². The summed E-state index contributed by atoms with van der Waals surface area (Å²) in [7, 11) is 0.785. The summed E-state index contributed by atoms with van der Waals surface area (Å²) in [6, 6.07) is 8.60. The molecule has 10 heteroatoms. The Labute approximate surface area is 157 Å². The van der Waals surface area contributed by atoms with Crippen LogP contribution in [0, 0.1) is 6.92 Å². The Morgan fingerprint density at radius 2 is 1.81 bits per heavy atom. The summed E-state index contributed by atoms with van der Waals surface area (Å²) in [6.45, 7) is 1.52. The van der Waals surface area contributed by atoms with E-state index in [1.54, 1.807) is 11.4 Å². The predicted molar refractivity (Wildman–Crippen MR) is 91.1 cm³/mol. The van der Waals surface area contributed by atoms with Gasteiger partial charge in [-0.05, 0) is 31.2 Å². The van der Waals surface area contributed by atoms with Crippen molar-refractivity contribution < 1.29 is 32.5 Å². The predicted octanol–water partition coefficient (Wildman–Crippen LogP) is 2.74. The molecule has 0 radical (unpaired) electrons. The van der Waals surface area contributed by atoms with Gasteiger partial charge in [0.1, 0.15) is 0 Å². The zero-order chi connectivity index (χ0) is 20.2. The summed E-state index contributed by atoms with van der Waals surface area (Å²) in [5.74, 6) is -3.07. The number of amides is 1. The van der Waals surface area contributed by atoms with E-state index in [-0.39, 0.29) is 16.4 Å². The third-order valence-electron chi connectivity index (χ3n) is 3.71. The monoisotopic (exact) mass is 402 g/mol. The van der Waals surface area contributed by atoms with Gasteiger partial charge in [-0.2, -0.15) is 13.2 Å². The number of rotatable bonds is 5. The summed E-state index contributed by atoms with van der Waals surface area (Å²) < 4.78 is 46.3. The second-order valence-corrected chi connectivity index (χ2v) is 5.93. The van der Waals surface area contributed by atoms with Crippen LogP contribution in [0.25, 0.3) is 0 Å². The molecule has 0 aliphatic heterocycles. The molecule has 1 atom stereocenters. The van der Waals surface area contributed by atoms with Crippen molar-refractivity contribution in [1.29, 1.82) is 0 Å². The molecule has 0 aliphatic rings. The number of alkyl halides is 3. The van der Waals surface area contributed by atoms with Crippen molar-refractivity contribution in [2.75, 3.05) is 12.4 Å². The van der Waals surface area contributed by atoms with Crippen molar-refractivity contribution in [3.63, 3.8) is 0 Å². The van der Waals surface area contributed by atoms with Crippen molar-refractivity contribution in [1.82, 2.24) is 5.32 Å². The second kappa shape index (κ2) is 7.83. The van der Waals surface area contributed by atoms with Crippen molar-refractivity contribution >= 4 is 29.3 Å². The number of aromatic amines is 1. The zero-order valence-corrected chi connectivity index (χ0v) is 15.0. The number of pyridine rings is 1. The SMILES string of the molecule is COC(=O)[C@](NC(=O)c1ccccc1Cl)(Nc1[nH+]cccc1C)C(F)(F)F. The van der Waals surface area contributed by atoms with E-state index in [1.165, 1.54) is 43.5 Å². The molecule has 0 saturated heterocycles. The van der Waals surface area contributed by atoms with Gasteiger partial charge >= 0.3 is 17.8 Å². The zero-order valence-electron chi connectivity index (χ0n) is 14.3. The van der Waals surface area contributed by atoms with Crippen molar-refractivity contribution in [2.45, 2.75) is 18.8 Å². The van der Waals surface area contributed by atoms with Gasteiger partial charge in [-0.15, -0.1) is 0 Å². The van der Waals surface area contributed by atoms with Crippen molar-refractivity contribution in [3.05, 3.63) is 58.7 Å². The van der Waals surface area contributed by atoms with Crippen LogP contribution < -0.4 is 15.6 Å². The molecule has 1 aromatic carbocycles. The highest BCUT2D eigenvalue weighted by atomic mass is 35.5. The number of methoxy groups -OCH3 is 1. The summed E-state index contributed by atoms with van der Waals surface area (Å²) in [4.78, 5) is 27.2. The van der Waals surface area contributed by atoms with Crippen LogP contribution in [0.15, 0.2) is 42.6 Å². The minimum atomic E-state index is -5.24. The maximum absolute atomic E-state index is 14.0. The number of aryl methyl sites for hydroxylation is 1. The Kier molecular flexibility index (Phi) is 5.94. The average molecular weight is 403 g/mol. The third-order valence-corrected chi connectivity index (χ3v) is 4.04. The first-order chi connectivity index (χ1) is 12.6. The van der Waals surface area contributed by atoms with Gasteiger partial charge in [-0.1, -0.05) is 23.7 Å². The fraction of sp³-hybridized carbons (Fsp3) is 0.235. The van der Waals surface area contributed by atoms with E-state index in [0.29, 0.717) is 5.56 Å². The number of H-pyrrole nitrogens is 1. The van der Waals surface area contributed by atoms with Gasteiger partial charge in [0.25, 0.3) is 11.7 Å². The van der Waals surface area contributed by atoms with E-state index in [2.05, 4.69) is 9.72 Å². The number of ether oxygens (including phenoxy) is 1. The minimum Gasteiger partial charge on any atom is -0.464 e. The normalized spacial score (nSPS) is 13.4. The smallest absolute Gasteiger partial charge is 0.464 e. The lowest BCUT2D eigenvalue weighted by Crippen LogP contribution is -2.69. The second-order valence-electron chi connectivity index (χ2n) is 5.53. The molecule has 1 heterocycles. The maximum atomic E-state index is 14.0. The summed E-state index contributed by atoms with van der Waals surface area (Å²) in [6.07, 6.45) is -3.88. The number of aromatic nitrogens is 1. The Morgan fingerprint density at radius 3 is 2.37 bits per heavy atom. The van der Waals surface area contributed by atoms with E-state index in [0.717, 1.165) is 7.11 Å². The van der Waals surface area contributed by atoms with Crippen LogP contribution in [0.2, 0.25) is 5.02 Å². The van der Waals surface area contributed by atoms with Gasteiger partial charge in [0.15, 0.2) is 0 Å². The van der Waals surface area contributed by atoms with Crippen molar-refractivity contribution in [3.8, 4) is 0 Å². The Bertz CT molecular complexity index is 861. The molecule has 0 aliphatic carbocycles. The highest BCUT2D eigenvalue weighted by molar-refractivity contribution is 6.33. The van der Waals surface area contributed by atoms with Crippen LogP contribution >= 0.6 is 11.6 Å². The lowest BCUT2D eigenvalue weighted by Gasteiger charge is -2.30. The summed E-state index contributed by atoms with van der Waals surface area (Å²) in [5, 5.41) is 3.67. The average Bonchev–Trinajstić information content (AvgIpc) is 2.61. The molecule has 1 amide bonds. The van der Waals surface area contributed by atoms with Gasteiger partial charge in [-0.25, -0.2) is 15.1 Å². The number of hydrogen-bond donors (Lipinski definition) is 2. The highest BCUT2D eigenvalue weighted by Crippen LogP contribution is 2.33. The molecule has 0 fully saturated rings.